The third-order valence-corrected chi connectivity index (χ3v) is 14.5. The summed E-state index contributed by atoms with van der Waals surface area (Å²) in [5.74, 6) is 3.29. The van der Waals surface area contributed by atoms with Gasteiger partial charge in [0.1, 0.15) is 5.52 Å². The van der Waals surface area contributed by atoms with Crippen LogP contribution in [0.1, 0.15) is 43.2 Å². The van der Waals surface area contributed by atoms with Crippen LogP contribution in [0.4, 0.5) is 0 Å². The summed E-state index contributed by atoms with van der Waals surface area (Å²) in [7, 11) is 0. The Balaban J connectivity index is 1.09. The van der Waals surface area contributed by atoms with E-state index in [2.05, 4.69) is 145 Å². The SMILES string of the molecule is c1ccc(-c2nc3c(ccc4nccnc43)cc2-c2c3ccccc3c(-c3ccc4c(c3)C3(c5ccccc5-4)C4CC5CC(C4)CC3C5)c3ccccc23)cc1. The second kappa shape index (κ2) is 11.4. The zero-order chi connectivity index (χ0) is 36.5. The van der Waals surface area contributed by atoms with E-state index in [9.17, 15) is 0 Å². The summed E-state index contributed by atoms with van der Waals surface area (Å²) in [6, 6.07) is 52.4. The largest absolute Gasteiger partial charge is 0.253 e. The first-order valence-corrected chi connectivity index (χ1v) is 20.5. The van der Waals surface area contributed by atoms with Gasteiger partial charge >= 0.3 is 0 Å². The van der Waals surface area contributed by atoms with Crippen molar-refractivity contribution in [2.45, 2.75) is 37.5 Å². The Morgan fingerprint density at radius 3 is 1.80 bits per heavy atom. The number of hydrogen-bond donors (Lipinski definition) is 0. The van der Waals surface area contributed by atoms with E-state index >= 15 is 0 Å². The summed E-state index contributed by atoms with van der Waals surface area (Å²) in [4.78, 5) is 14.9. The molecule has 56 heavy (non-hydrogen) atoms. The smallest absolute Gasteiger partial charge is 0.115 e. The summed E-state index contributed by atoms with van der Waals surface area (Å²) >= 11 is 0. The van der Waals surface area contributed by atoms with Crippen molar-refractivity contribution in [3.8, 4) is 44.6 Å². The number of hydrogen-bond acceptors (Lipinski definition) is 3. The highest BCUT2D eigenvalue weighted by molar-refractivity contribution is 6.23. The molecular weight excluding hydrogens is 679 g/mol. The minimum absolute atomic E-state index is 0.122. The maximum Gasteiger partial charge on any atom is 0.115 e. The van der Waals surface area contributed by atoms with Gasteiger partial charge in [-0.3, -0.25) is 9.97 Å². The molecule has 0 saturated heterocycles. The third kappa shape index (κ3) is 4.10. The van der Waals surface area contributed by atoms with Gasteiger partial charge in [0.2, 0.25) is 0 Å². The fraction of sp³-hybridized carbons (Fsp3) is 0.189. The molecule has 2 heterocycles. The highest BCUT2D eigenvalue weighted by Crippen LogP contribution is 2.69. The average molecular weight is 718 g/mol. The van der Waals surface area contributed by atoms with E-state index < -0.39 is 0 Å². The van der Waals surface area contributed by atoms with Crippen LogP contribution >= 0.6 is 0 Å². The minimum atomic E-state index is 0.122. The Hall–Kier alpha value is -6.19. The molecule has 14 rings (SSSR count). The van der Waals surface area contributed by atoms with Gasteiger partial charge in [0.25, 0.3) is 0 Å². The predicted octanol–water partition coefficient (Wildman–Crippen LogP) is 13.2. The van der Waals surface area contributed by atoms with Crippen molar-refractivity contribution >= 4 is 43.5 Å². The predicted molar refractivity (Wildman–Crippen MR) is 229 cm³/mol. The Bertz CT molecular complexity index is 3020. The summed E-state index contributed by atoms with van der Waals surface area (Å²) in [5.41, 5.74) is 15.9. The second-order valence-corrected chi connectivity index (χ2v) is 17.1. The number of benzene rings is 7. The quantitative estimate of drug-likeness (QED) is 0.135. The van der Waals surface area contributed by atoms with Crippen molar-refractivity contribution in [2.24, 2.45) is 23.7 Å². The van der Waals surface area contributed by atoms with Gasteiger partial charge in [-0.05, 0) is 134 Å². The van der Waals surface area contributed by atoms with Crippen LogP contribution < -0.4 is 0 Å². The number of nitrogens with zero attached hydrogens (tertiary/aromatic N) is 3. The van der Waals surface area contributed by atoms with Crippen LogP contribution in [0.5, 0.6) is 0 Å². The first-order chi connectivity index (χ1) is 27.7. The molecule has 0 unspecified atom stereocenters. The Kier molecular flexibility index (Phi) is 6.34. The maximum absolute atomic E-state index is 5.49. The molecule has 266 valence electrons. The van der Waals surface area contributed by atoms with E-state index in [0.29, 0.717) is 0 Å². The van der Waals surface area contributed by atoms with Crippen LogP contribution in [0.25, 0.3) is 88.1 Å². The molecule has 3 heteroatoms. The van der Waals surface area contributed by atoms with Crippen molar-refractivity contribution < 1.29 is 0 Å². The molecule has 5 aliphatic carbocycles. The number of rotatable bonds is 3. The molecule has 0 amide bonds. The van der Waals surface area contributed by atoms with E-state index in [1.165, 1.54) is 81.5 Å². The molecule has 4 fully saturated rings. The lowest BCUT2D eigenvalue weighted by atomic mass is 9.43. The fourth-order valence-corrected chi connectivity index (χ4v) is 12.7. The van der Waals surface area contributed by atoms with Gasteiger partial charge in [-0.15, -0.1) is 0 Å². The summed E-state index contributed by atoms with van der Waals surface area (Å²) < 4.78 is 0. The lowest BCUT2D eigenvalue weighted by Gasteiger charge is -2.61. The van der Waals surface area contributed by atoms with E-state index in [4.69, 9.17) is 9.97 Å². The molecule has 2 aromatic heterocycles. The van der Waals surface area contributed by atoms with Gasteiger partial charge < -0.3 is 0 Å². The summed E-state index contributed by atoms with van der Waals surface area (Å²) in [5, 5.41) is 6.10. The standard InChI is InChI=1S/C53H39N3/c1-2-10-33(11-3-1)50-44(29-35-19-21-47-52(51(35)56-50)55-23-22-54-47)49-42-15-6-4-13-40(42)48(41-14-5-7-16-43(41)49)34-18-20-39-38-12-8-9-17-45(38)53(46(39)30-34)36-25-31-24-32(27-36)28-37(53)26-31/h1-23,29-32,36-37H,24-28H2. The summed E-state index contributed by atoms with van der Waals surface area (Å²) in [6.45, 7) is 0. The zero-order valence-corrected chi connectivity index (χ0v) is 31.1. The minimum Gasteiger partial charge on any atom is -0.253 e. The number of pyridine rings is 1. The molecule has 4 saturated carbocycles. The maximum atomic E-state index is 5.49. The molecule has 3 nitrogen and oxygen atoms in total. The Labute approximate surface area is 326 Å². The van der Waals surface area contributed by atoms with Crippen molar-refractivity contribution in [1.82, 2.24) is 15.0 Å². The monoisotopic (exact) mass is 717 g/mol. The highest BCUT2D eigenvalue weighted by atomic mass is 14.8. The van der Waals surface area contributed by atoms with Gasteiger partial charge in [0, 0.05) is 34.3 Å². The van der Waals surface area contributed by atoms with Crippen LogP contribution in [-0.4, -0.2) is 15.0 Å². The van der Waals surface area contributed by atoms with Crippen LogP contribution in [0, 0.1) is 23.7 Å². The lowest BCUT2D eigenvalue weighted by molar-refractivity contribution is -0.0399. The lowest BCUT2D eigenvalue weighted by Crippen LogP contribution is -2.55. The first-order valence-electron chi connectivity index (χ1n) is 20.5. The highest BCUT2D eigenvalue weighted by Gasteiger charge is 2.61. The normalized spacial score (nSPS) is 23.1. The van der Waals surface area contributed by atoms with Gasteiger partial charge in [-0.2, -0.15) is 0 Å². The molecule has 9 aromatic rings. The van der Waals surface area contributed by atoms with E-state index in [1.807, 2.05) is 0 Å². The van der Waals surface area contributed by atoms with Crippen LogP contribution in [0.15, 0.2) is 152 Å². The number of aromatic nitrogens is 3. The molecule has 4 bridgehead atoms. The molecule has 1 spiro atoms. The van der Waals surface area contributed by atoms with Crippen molar-refractivity contribution in [3.05, 3.63) is 163 Å². The molecule has 0 radical (unpaired) electrons. The van der Waals surface area contributed by atoms with Gasteiger partial charge in [0.05, 0.1) is 16.7 Å². The summed E-state index contributed by atoms with van der Waals surface area (Å²) in [6.07, 6.45) is 10.5. The fourth-order valence-electron chi connectivity index (χ4n) is 12.7. The van der Waals surface area contributed by atoms with Crippen molar-refractivity contribution in [2.75, 3.05) is 0 Å². The second-order valence-electron chi connectivity index (χ2n) is 17.1. The zero-order valence-electron chi connectivity index (χ0n) is 31.1. The number of fused-ring (bicyclic) bond motifs is 8. The average Bonchev–Trinajstić information content (AvgIpc) is 3.54. The third-order valence-electron chi connectivity index (χ3n) is 14.5. The van der Waals surface area contributed by atoms with Crippen LogP contribution in [-0.2, 0) is 5.41 Å². The topological polar surface area (TPSA) is 38.7 Å². The Morgan fingerprint density at radius 1 is 0.446 bits per heavy atom. The molecular formula is C53H39N3. The molecule has 0 aliphatic heterocycles. The van der Waals surface area contributed by atoms with E-state index in [0.717, 1.165) is 62.4 Å². The van der Waals surface area contributed by atoms with Crippen molar-refractivity contribution in [1.29, 1.82) is 0 Å². The van der Waals surface area contributed by atoms with Gasteiger partial charge in [-0.25, -0.2) is 4.98 Å². The van der Waals surface area contributed by atoms with E-state index in [-0.39, 0.29) is 5.41 Å². The van der Waals surface area contributed by atoms with E-state index in [1.54, 1.807) is 23.5 Å². The van der Waals surface area contributed by atoms with Crippen molar-refractivity contribution in [3.63, 3.8) is 0 Å². The van der Waals surface area contributed by atoms with Crippen LogP contribution in [0.3, 0.4) is 0 Å². The molecule has 0 N–H and O–H groups in total. The first kappa shape index (κ1) is 31.1. The molecule has 5 aliphatic rings. The van der Waals surface area contributed by atoms with Gasteiger partial charge in [0.15, 0.2) is 0 Å². The molecule has 0 atom stereocenters. The van der Waals surface area contributed by atoms with Gasteiger partial charge in [-0.1, -0.05) is 121 Å². The molecule has 7 aromatic carbocycles. The van der Waals surface area contributed by atoms with Crippen LogP contribution in [0.2, 0.25) is 0 Å². The Morgan fingerprint density at radius 2 is 1.07 bits per heavy atom.